The first-order valence-electron chi connectivity index (χ1n) is 9.01. The Morgan fingerprint density at radius 1 is 1.14 bits per heavy atom. The Balaban J connectivity index is 1.92. The van der Waals surface area contributed by atoms with Crippen LogP contribution in [0.3, 0.4) is 0 Å². The van der Waals surface area contributed by atoms with Gasteiger partial charge < -0.3 is 14.7 Å². The highest BCUT2D eigenvalue weighted by molar-refractivity contribution is 9.13. The summed E-state index contributed by atoms with van der Waals surface area (Å²) in [7, 11) is 3.57. The minimum atomic E-state index is -0.216. The summed E-state index contributed by atoms with van der Waals surface area (Å²) < 4.78 is 11.4. The lowest BCUT2D eigenvalue weighted by molar-refractivity contribution is -0.553. The maximum absolute atomic E-state index is 13.3. The minimum absolute atomic E-state index is 0.216. The molecule has 1 aromatic heterocycles. The smallest absolute Gasteiger partial charge is 0.430 e. The first-order valence-corrected chi connectivity index (χ1v) is 10.6. The van der Waals surface area contributed by atoms with Gasteiger partial charge >= 0.3 is 11.6 Å². The van der Waals surface area contributed by atoms with Crippen LogP contribution in [0.1, 0.15) is 0 Å². The second-order valence-electron chi connectivity index (χ2n) is 6.83. The molecule has 10 heteroatoms. The number of likely N-dealkylation sites (N-methyl/N-ethyl adjacent to an activating group) is 1. The number of ether oxygens (including phenoxy) is 1. The Kier molecular flexibility index (Phi) is 5.50. The zero-order chi connectivity index (χ0) is 20.7. The third-order valence-electron chi connectivity index (χ3n) is 5.01. The highest BCUT2D eigenvalue weighted by Gasteiger charge is 2.28. The number of aliphatic hydroxyl groups is 1. The number of aromatic nitrogens is 2. The molecule has 1 aliphatic heterocycles. The van der Waals surface area contributed by atoms with E-state index in [-0.39, 0.29) is 17.4 Å². The van der Waals surface area contributed by atoms with Crippen LogP contribution in [0.2, 0.25) is 0 Å². The summed E-state index contributed by atoms with van der Waals surface area (Å²) in [5, 5.41) is 10.5. The minimum Gasteiger partial charge on any atom is -0.430 e. The summed E-state index contributed by atoms with van der Waals surface area (Å²) >= 11 is 6.91. The van der Waals surface area contributed by atoms with Gasteiger partial charge in [0.1, 0.15) is 7.11 Å². The number of halogens is 2. The van der Waals surface area contributed by atoms with Crippen LogP contribution in [-0.4, -0.2) is 65.7 Å². The van der Waals surface area contributed by atoms with Gasteiger partial charge in [-0.2, -0.15) is 9.31 Å². The van der Waals surface area contributed by atoms with Crippen LogP contribution in [0.4, 0.5) is 0 Å². The summed E-state index contributed by atoms with van der Waals surface area (Å²) in [5.74, 6) is 0.251. The summed E-state index contributed by atoms with van der Waals surface area (Å²) in [6.07, 6.45) is -0.216. The van der Waals surface area contributed by atoms with Gasteiger partial charge in [0.15, 0.2) is 24.1 Å². The van der Waals surface area contributed by atoms with Gasteiger partial charge in [0.05, 0.1) is 17.5 Å². The van der Waals surface area contributed by atoms with Crippen molar-refractivity contribution in [3.8, 4) is 5.75 Å². The van der Waals surface area contributed by atoms with Gasteiger partial charge in [-0.3, -0.25) is 4.90 Å². The van der Waals surface area contributed by atoms with E-state index in [9.17, 15) is 10.0 Å². The molecule has 4 rings (SSSR count). The van der Waals surface area contributed by atoms with Crippen molar-refractivity contribution in [1.82, 2.24) is 9.63 Å². The normalized spacial score (nSPS) is 15.1. The van der Waals surface area contributed by atoms with Crippen molar-refractivity contribution in [2.75, 3.05) is 40.3 Å². The second-order valence-corrected chi connectivity index (χ2v) is 8.53. The Morgan fingerprint density at radius 3 is 2.52 bits per heavy atom. The summed E-state index contributed by atoms with van der Waals surface area (Å²) in [6, 6.07) is 8.69. The van der Waals surface area contributed by atoms with Crippen LogP contribution < -0.4 is 14.0 Å². The molecule has 1 fully saturated rings. The van der Waals surface area contributed by atoms with Crippen molar-refractivity contribution in [3.63, 3.8) is 0 Å². The van der Waals surface area contributed by atoms with Crippen LogP contribution in [0.25, 0.3) is 22.1 Å². The fourth-order valence-electron chi connectivity index (χ4n) is 3.42. The molecule has 0 atom stereocenters. The molecular formula is C19H20Br2N4O4+2. The highest BCUT2D eigenvalue weighted by Crippen LogP contribution is 2.30. The summed E-state index contributed by atoms with van der Waals surface area (Å²) in [6.45, 7) is 2.93. The van der Waals surface area contributed by atoms with E-state index in [0.29, 0.717) is 29.6 Å². The van der Waals surface area contributed by atoms with Gasteiger partial charge in [-0.1, -0.05) is 6.07 Å². The lowest BCUT2D eigenvalue weighted by Gasteiger charge is -2.19. The zero-order valence-corrected chi connectivity index (χ0v) is 19.1. The van der Waals surface area contributed by atoms with E-state index in [4.69, 9.17) is 9.57 Å². The van der Waals surface area contributed by atoms with Crippen molar-refractivity contribution in [1.29, 1.82) is 0 Å². The predicted octanol–water partition coefficient (Wildman–Crippen LogP) is 2.54. The number of piperazine rings is 1. The molecule has 0 spiro atoms. The van der Waals surface area contributed by atoms with Gasteiger partial charge in [-0.05, 0) is 57.1 Å². The van der Waals surface area contributed by atoms with Gasteiger partial charge in [-0.25, -0.2) is 0 Å². The van der Waals surface area contributed by atoms with Crippen molar-refractivity contribution < 1.29 is 23.7 Å². The molecular weight excluding hydrogens is 508 g/mol. The molecule has 3 aromatic rings. The summed E-state index contributed by atoms with van der Waals surface area (Å²) in [4.78, 5) is 21.0. The van der Waals surface area contributed by atoms with Gasteiger partial charge in [0.2, 0.25) is 5.75 Å². The lowest BCUT2D eigenvalue weighted by Crippen LogP contribution is -2.43. The van der Waals surface area contributed by atoms with E-state index in [1.165, 1.54) is 7.11 Å². The SMILES string of the molecule is COn1c2cc(Br)c(Br)cc2[n+](=O)c2c(OC(O)=[N+]3CCN(C)CC3)cccc21. The van der Waals surface area contributed by atoms with Crippen LogP contribution in [0, 0.1) is 4.91 Å². The lowest BCUT2D eigenvalue weighted by atomic mass is 10.2. The van der Waals surface area contributed by atoms with Crippen LogP contribution in [0.5, 0.6) is 5.75 Å². The number of hydrogen-bond acceptors (Lipinski definition) is 4. The first kappa shape index (κ1) is 20.1. The van der Waals surface area contributed by atoms with Crippen molar-refractivity contribution in [2.24, 2.45) is 0 Å². The monoisotopic (exact) mass is 526 g/mol. The number of nitrogens with zero attached hydrogens (tertiary/aromatic N) is 4. The number of hydrogen-bond donors (Lipinski definition) is 1. The summed E-state index contributed by atoms with van der Waals surface area (Å²) in [5.41, 5.74) is 1.77. The molecule has 29 heavy (non-hydrogen) atoms. The number of fused-ring (bicyclic) bond motifs is 2. The average Bonchev–Trinajstić information content (AvgIpc) is 2.70. The quantitative estimate of drug-likeness (QED) is 0.315. The van der Waals surface area contributed by atoms with E-state index in [2.05, 4.69) is 36.8 Å². The highest BCUT2D eigenvalue weighted by atomic mass is 79.9. The molecule has 8 nitrogen and oxygen atoms in total. The molecule has 1 saturated heterocycles. The number of rotatable bonds is 2. The van der Waals surface area contributed by atoms with E-state index in [0.717, 1.165) is 26.5 Å². The van der Waals surface area contributed by atoms with Crippen LogP contribution in [-0.2, 0) is 0 Å². The third-order valence-corrected chi connectivity index (χ3v) is 6.86. The standard InChI is InChI=1S/C19H19Br2N4O4/c1-22-6-8-23(9-7-22)19(26)29-17-5-3-4-14-18(17)24(27)15-10-12(20)13(21)11-16(15)25(14)28-2/h3-5,10-11H,6-9H2,1-2H3/q+1/p+1. The Hall–Kier alpha value is -2.17. The predicted molar refractivity (Wildman–Crippen MR) is 116 cm³/mol. The van der Waals surface area contributed by atoms with E-state index >= 15 is 0 Å². The van der Waals surface area contributed by atoms with Gasteiger partial charge in [-0.15, -0.1) is 0 Å². The molecule has 0 bridgehead atoms. The van der Waals surface area contributed by atoms with Gasteiger partial charge in [0.25, 0.3) is 5.52 Å². The van der Waals surface area contributed by atoms with Crippen molar-refractivity contribution in [3.05, 3.63) is 44.2 Å². The third kappa shape index (κ3) is 3.60. The maximum atomic E-state index is 13.3. The molecule has 1 aliphatic rings. The van der Waals surface area contributed by atoms with E-state index in [1.54, 1.807) is 39.6 Å². The van der Waals surface area contributed by atoms with Gasteiger partial charge in [0, 0.05) is 19.9 Å². The van der Waals surface area contributed by atoms with Crippen molar-refractivity contribution in [2.45, 2.75) is 0 Å². The fourth-order valence-corrected chi connectivity index (χ4v) is 4.08. The Labute approximate surface area is 183 Å². The fraction of sp³-hybridized carbons (Fsp3) is 0.316. The van der Waals surface area contributed by atoms with Crippen LogP contribution >= 0.6 is 31.9 Å². The average molecular weight is 528 g/mol. The second kappa shape index (κ2) is 7.92. The maximum Gasteiger partial charge on any atom is 0.552 e. The molecule has 1 N–H and O–H groups in total. The molecule has 2 aromatic carbocycles. The van der Waals surface area contributed by atoms with Crippen molar-refractivity contribution >= 4 is 60.0 Å². The topological polar surface area (TPSA) is 72.8 Å². The molecule has 0 aliphatic carbocycles. The van der Waals surface area contributed by atoms with Crippen LogP contribution in [0.15, 0.2) is 39.3 Å². The van der Waals surface area contributed by atoms with E-state index < -0.39 is 0 Å². The Morgan fingerprint density at radius 2 is 1.83 bits per heavy atom. The molecule has 152 valence electrons. The molecule has 0 radical (unpaired) electrons. The largest absolute Gasteiger partial charge is 0.552 e. The molecule has 0 unspecified atom stereocenters. The van der Waals surface area contributed by atoms with E-state index in [1.807, 2.05) is 7.05 Å². The first-order chi connectivity index (χ1) is 13.9. The Bertz CT molecular complexity index is 1200. The molecule has 0 saturated carbocycles. The number of aliphatic hydroxyl groups excluding tert-OH is 1. The number of benzene rings is 2. The number of para-hydroxylation sites is 1. The zero-order valence-electron chi connectivity index (χ0n) is 15.9. The molecule has 0 amide bonds. The molecule has 2 heterocycles.